The number of hydroxylamine groups is 1. The summed E-state index contributed by atoms with van der Waals surface area (Å²) in [5, 5.41) is 12.2. The van der Waals surface area contributed by atoms with E-state index < -0.39 is 20.5 Å². The lowest BCUT2D eigenvalue weighted by Gasteiger charge is -2.39. The number of sulfone groups is 1. The number of hydrogen-bond acceptors (Lipinski definition) is 7. The largest absolute Gasteiger partial charge is 0.494 e. The Bertz CT molecular complexity index is 1170. The maximum absolute atomic E-state index is 13.5. The minimum atomic E-state index is -4.05. The Balaban J connectivity index is 1.31. The Morgan fingerprint density at radius 3 is 2.28 bits per heavy atom. The van der Waals surface area contributed by atoms with E-state index in [1.165, 1.54) is 12.1 Å². The van der Waals surface area contributed by atoms with Crippen molar-refractivity contribution in [1.29, 1.82) is 0 Å². The lowest BCUT2D eigenvalue weighted by molar-refractivity contribution is -0.133. The van der Waals surface area contributed by atoms with E-state index in [0.717, 1.165) is 18.4 Å². The Morgan fingerprint density at radius 2 is 1.69 bits per heavy atom. The average Bonchev–Trinajstić information content (AvgIpc) is 3.74. The van der Waals surface area contributed by atoms with Gasteiger partial charge in [-0.05, 0) is 75.4 Å². The van der Waals surface area contributed by atoms with E-state index in [0.29, 0.717) is 50.0 Å². The van der Waals surface area contributed by atoms with E-state index in [1.807, 2.05) is 19.1 Å². The summed E-state index contributed by atoms with van der Waals surface area (Å²) in [5.41, 5.74) is 3.28. The van der Waals surface area contributed by atoms with Crippen LogP contribution in [0.5, 0.6) is 5.75 Å². The molecule has 0 spiro atoms. The van der Waals surface area contributed by atoms with Crippen molar-refractivity contribution < 1.29 is 28.0 Å². The quantitative estimate of drug-likeness (QED) is 0.252. The van der Waals surface area contributed by atoms with Crippen LogP contribution in [0.1, 0.15) is 48.0 Å². The number of likely N-dealkylation sites (tertiary alicyclic amines) is 1. The van der Waals surface area contributed by atoms with Crippen LogP contribution in [0.2, 0.25) is 0 Å². The molecule has 1 aliphatic heterocycles. The van der Waals surface area contributed by atoms with Crippen molar-refractivity contribution in [2.24, 2.45) is 0 Å². The van der Waals surface area contributed by atoms with E-state index in [2.05, 4.69) is 10.2 Å². The zero-order chi connectivity index (χ0) is 25.8. The summed E-state index contributed by atoms with van der Waals surface area (Å²) >= 11 is 0. The number of nitrogens with one attached hydrogen (secondary N) is 2. The minimum Gasteiger partial charge on any atom is -0.494 e. The summed E-state index contributed by atoms with van der Waals surface area (Å²) in [5.74, 6) is -0.539. The summed E-state index contributed by atoms with van der Waals surface area (Å²) < 4.78 is 31.1. The van der Waals surface area contributed by atoms with Gasteiger partial charge >= 0.3 is 0 Å². The van der Waals surface area contributed by atoms with Gasteiger partial charge in [0.1, 0.15) is 5.75 Å². The first-order chi connectivity index (χ1) is 17.3. The molecule has 10 heteroatoms. The molecule has 0 unspecified atom stereocenters. The van der Waals surface area contributed by atoms with Crippen LogP contribution in [0.3, 0.4) is 0 Å². The second-order valence-corrected chi connectivity index (χ2v) is 11.8. The number of ether oxygens (including phenoxy) is 1. The molecule has 1 saturated heterocycles. The average molecular weight is 516 g/mol. The van der Waals surface area contributed by atoms with Gasteiger partial charge in [0.15, 0.2) is 14.6 Å². The van der Waals surface area contributed by atoms with Crippen molar-refractivity contribution >= 4 is 21.7 Å². The van der Waals surface area contributed by atoms with Gasteiger partial charge in [-0.1, -0.05) is 17.7 Å². The Hall–Kier alpha value is -2.95. The maximum atomic E-state index is 13.5. The summed E-state index contributed by atoms with van der Waals surface area (Å²) in [7, 11) is -4.05. The molecule has 3 N–H and O–H groups in total. The van der Waals surface area contributed by atoms with E-state index in [-0.39, 0.29) is 23.6 Å². The van der Waals surface area contributed by atoms with Crippen molar-refractivity contribution in [3.63, 3.8) is 0 Å². The first kappa shape index (κ1) is 26.1. The predicted molar refractivity (Wildman–Crippen MR) is 134 cm³/mol. The number of benzene rings is 2. The lowest BCUT2D eigenvalue weighted by atomic mass is 9.94. The Labute approximate surface area is 211 Å². The van der Waals surface area contributed by atoms with Gasteiger partial charge in [0.2, 0.25) is 0 Å². The van der Waals surface area contributed by atoms with Crippen LogP contribution in [0.15, 0.2) is 53.4 Å². The molecular weight excluding hydrogens is 482 g/mol. The molecule has 0 atom stereocenters. The molecule has 0 bridgehead atoms. The highest BCUT2D eigenvalue weighted by atomic mass is 32.2. The number of carbonyl (C=O) groups is 2. The van der Waals surface area contributed by atoms with Crippen LogP contribution in [0.25, 0.3) is 0 Å². The van der Waals surface area contributed by atoms with Crippen LogP contribution in [0, 0.1) is 6.92 Å². The molecule has 1 heterocycles. The predicted octanol–water partition coefficient (Wildman–Crippen LogP) is 2.47. The normalized spacial score (nSPS) is 17.8. The first-order valence-electron chi connectivity index (χ1n) is 12.3. The number of amides is 2. The van der Waals surface area contributed by atoms with Crippen molar-refractivity contribution in [2.75, 3.05) is 26.2 Å². The van der Waals surface area contributed by atoms with Gasteiger partial charge in [0.25, 0.3) is 11.8 Å². The lowest BCUT2D eigenvalue weighted by Crippen LogP contribution is -2.58. The van der Waals surface area contributed by atoms with Gasteiger partial charge in [-0.25, -0.2) is 13.9 Å². The molecule has 0 radical (unpaired) electrons. The summed E-state index contributed by atoms with van der Waals surface area (Å²) in [6.45, 7) is 3.74. The number of piperidine rings is 1. The third kappa shape index (κ3) is 5.55. The second kappa shape index (κ2) is 11.0. The Kier molecular flexibility index (Phi) is 7.97. The van der Waals surface area contributed by atoms with Crippen LogP contribution < -0.4 is 15.5 Å². The molecule has 2 aliphatic rings. The number of carbonyl (C=O) groups excluding carboxylic acids is 2. The maximum Gasteiger partial charge on any atom is 0.265 e. The molecule has 194 valence electrons. The third-order valence-corrected chi connectivity index (χ3v) is 9.54. The highest BCUT2D eigenvalue weighted by Gasteiger charge is 2.53. The molecule has 2 amide bonds. The van der Waals surface area contributed by atoms with Gasteiger partial charge in [0.05, 0.1) is 11.5 Å². The summed E-state index contributed by atoms with van der Waals surface area (Å²) in [4.78, 5) is 27.0. The van der Waals surface area contributed by atoms with E-state index in [1.54, 1.807) is 29.7 Å². The van der Waals surface area contributed by atoms with Gasteiger partial charge < -0.3 is 15.0 Å². The molecule has 0 aromatic heterocycles. The van der Waals surface area contributed by atoms with Crippen molar-refractivity contribution in [2.45, 2.75) is 54.7 Å². The molecule has 1 aliphatic carbocycles. The topological polar surface area (TPSA) is 125 Å². The first-order valence-corrected chi connectivity index (χ1v) is 13.8. The molecule has 2 aromatic carbocycles. The van der Waals surface area contributed by atoms with Crippen molar-refractivity contribution in [3.05, 3.63) is 59.7 Å². The summed E-state index contributed by atoms with van der Waals surface area (Å²) in [6.07, 6.45) is 3.05. The van der Waals surface area contributed by atoms with Crippen molar-refractivity contribution in [1.82, 2.24) is 15.7 Å². The molecule has 9 nitrogen and oxygen atoms in total. The molecule has 2 fully saturated rings. The smallest absolute Gasteiger partial charge is 0.265 e. The Morgan fingerprint density at radius 1 is 1.06 bits per heavy atom. The van der Waals surface area contributed by atoms with Gasteiger partial charge in [-0.15, -0.1) is 0 Å². The molecule has 4 rings (SSSR count). The zero-order valence-corrected chi connectivity index (χ0v) is 21.2. The van der Waals surface area contributed by atoms with Crippen molar-refractivity contribution in [3.8, 4) is 5.75 Å². The van der Waals surface area contributed by atoms with E-state index >= 15 is 0 Å². The highest BCUT2D eigenvalue weighted by molar-refractivity contribution is 7.93. The summed E-state index contributed by atoms with van der Waals surface area (Å²) in [6, 6.07) is 13.8. The number of aryl methyl sites for hydroxylation is 1. The molecular formula is C26H33N3O6S. The van der Waals surface area contributed by atoms with E-state index in [4.69, 9.17) is 4.74 Å². The van der Waals surface area contributed by atoms with Crippen LogP contribution in [-0.2, 0) is 14.6 Å². The second-order valence-electron chi connectivity index (χ2n) is 9.50. The highest BCUT2D eigenvalue weighted by Crippen LogP contribution is 2.39. The van der Waals surface area contributed by atoms with Crippen LogP contribution in [-0.4, -0.2) is 67.4 Å². The van der Waals surface area contributed by atoms with Crippen LogP contribution >= 0.6 is 0 Å². The third-order valence-electron chi connectivity index (χ3n) is 7.02. The minimum absolute atomic E-state index is 0.0173. The fourth-order valence-corrected chi connectivity index (χ4v) is 6.58. The number of hydrogen-bond donors (Lipinski definition) is 3. The van der Waals surface area contributed by atoms with E-state index in [9.17, 15) is 23.2 Å². The van der Waals surface area contributed by atoms with Gasteiger partial charge in [-0.3, -0.25) is 14.8 Å². The van der Waals surface area contributed by atoms with Gasteiger partial charge in [0, 0.05) is 31.2 Å². The van der Waals surface area contributed by atoms with Crippen LogP contribution in [0.4, 0.5) is 0 Å². The standard InChI is InChI=1S/C26H33N3O6S/c1-19-3-5-20(6-4-19)24(30)27-15-2-18-35-22-9-11-23(12-10-22)36(33,34)26(25(31)28-32)13-16-29(17-14-26)21-7-8-21/h3-6,9-12,21,32H,2,7-8,13-18H2,1H3,(H,27,30)(H,28,31). The monoisotopic (exact) mass is 515 g/mol. The SMILES string of the molecule is Cc1ccc(C(=O)NCCCOc2ccc(S(=O)(=O)C3(C(=O)NO)CCN(C4CC4)CC3)cc2)cc1. The molecule has 1 saturated carbocycles. The van der Waals surface area contributed by atoms with Gasteiger partial charge in [-0.2, -0.15) is 0 Å². The number of nitrogens with zero attached hydrogens (tertiary/aromatic N) is 1. The zero-order valence-electron chi connectivity index (χ0n) is 20.4. The fourth-order valence-electron chi connectivity index (χ4n) is 4.62. The molecule has 36 heavy (non-hydrogen) atoms. The fraction of sp³-hybridized carbons (Fsp3) is 0.462. The number of rotatable bonds is 10. The molecule has 2 aromatic rings.